The molecule has 0 bridgehead atoms. The van der Waals surface area contributed by atoms with Crippen molar-refractivity contribution in [1.29, 1.82) is 0 Å². The van der Waals surface area contributed by atoms with Crippen LogP contribution in [0.4, 0.5) is 5.82 Å². The zero-order valence-electron chi connectivity index (χ0n) is 14.4. The normalized spacial score (nSPS) is 10.9. The molecule has 0 saturated carbocycles. The summed E-state index contributed by atoms with van der Waals surface area (Å²) in [6, 6.07) is 6.57. The summed E-state index contributed by atoms with van der Waals surface area (Å²) >= 11 is 0. The molecule has 8 nitrogen and oxygen atoms in total. The first kappa shape index (κ1) is 17.3. The fourth-order valence-corrected chi connectivity index (χ4v) is 2.59. The number of hydrogen-bond acceptors (Lipinski definition) is 6. The molecule has 132 valence electrons. The molecule has 0 fully saturated rings. The number of nitrogens with zero attached hydrogens (tertiary/aromatic N) is 4. The van der Waals surface area contributed by atoms with Gasteiger partial charge in [0.05, 0.1) is 11.4 Å². The number of nitrogen functional groups attached to an aromatic ring is 1. The van der Waals surface area contributed by atoms with Crippen LogP contribution in [0.1, 0.15) is 30.4 Å². The lowest BCUT2D eigenvalue weighted by Crippen LogP contribution is -2.21. The zero-order chi connectivity index (χ0) is 18.8. The van der Waals surface area contributed by atoms with Gasteiger partial charge >= 0.3 is 0 Å². The molecule has 0 saturated heterocycles. The van der Waals surface area contributed by atoms with Crippen LogP contribution in [-0.4, -0.2) is 25.4 Å². The van der Waals surface area contributed by atoms with Gasteiger partial charge in [-0.05, 0) is 32.0 Å². The Bertz CT molecular complexity index is 1030. The number of hydrogen-bond donors (Lipinski definition) is 2. The minimum atomic E-state index is -0.769. The average Bonchev–Trinajstić information content (AvgIpc) is 2.62. The van der Waals surface area contributed by atoms with Crippen molar-refractivity contribution in [3.05, 3.63) is 58.9 Å². The predicted octanol–water partition coefficient (Wildman–Crippen LogP) is 1.63. The smallest absolute Gasteiger partial charge is 0.271 e. The quantitative estimate of drug-likeness (QED) is 0.735. The highest BCUT2D eigenvalue weighted by Gasteiger charge is 2.19. The minimum absolute atomic E-state index is 0.0378. The summed E-state index contributed by atoms with van der Waals surface area (Å²) in [7, 11) is 0. The van der Waals surface area contributed by atoms with Crippen molar-refractivity contribution >= 4 is 11.7 Å². The fraction of sp³-hybridized carbons (Fsp3) is 0.167. The Morgan fingerprint density at radius 3 is 2.31 bits per heavy atom. The summed E-state index contributed by atoms with van der Waals surface area (Å²) in [6.45, 7) is 3.80. The Hall–Kier alpha value is -3.55. The highest BCUT2D eigenvalue weighted by molar-refractivity contribution is 5.96. The molecular formula is C18H18N6O2. The van der Waals surface area contributed by atoms with E-state index in [2.05, 4.69) is 15.0 Å². The van der Waals surface area contributed by atoms with Crippen LogP contribution in [0.15, 0.2) is 47.7 Å². The maximum atomic E-state index is 12.1. The molecule has 0 aliphatic heterocycles. The van der Waals surface area contributed by atoms with E-state index in [0.29, 0.717) is 17.0 Å². The molecule has 3 aromatic rings. The van der Waals surface area contributed by atoms with E-state index in [4.69, 9.17) is 11.5 Å². The Balaban J connectivity index is 2.32. The Morgan fingerprint density at radius 1 is 1.04 bits per heavy atom. The largest absolute Gasteiger partial charge is 0.382 e. The van der Waals surface area contributed by atoms with Crippen LogP contribution >= 0.6 is 0 Å². The fourth-order valence-electron chi connectivity index (χ4n) is 2.59. The van der Waals surface area contributed by atoms with Crippen molar-refractivity contribution < 1.29 is 4.79 Å². The number of aromatic nitrogens is 4. The summed E-state index contributed by atoms with van der Waals surface area (Å²) in [5.41, 5.74) is 13.2. The molecule has 0 radical (unpaired) electrons. The monoisotopic (exact) mass is 350 g/mol. The first-order valence-electron chi connectivity index (χ1n) is 7.98. The number of carbonyl (C=O) groups excluding carboxylic acids is 1. The second-order valence-corrected chi connectivity index (χ2v) is 6.01. The second-order valence-electron chi connectivity index (χ2n) is 6.01. The van der Waals surface area contributed by atoms with Crippen molar-refractivity contribution in [1.82, 2.24) is 19.5 Å². The summed E-state index contributed by atoms with van der Waals surface area (Å²) in [6.07, 6.45) is 4.92. The first-order valence-corrected chi connectivity index (χ1v) is 7.98. The van der Waals surface area contributed by atoms with E-state index < -0.39 is 5.91 Å². The van der Waals surface area contributed by atoms with Crippen molar-refractivity contribution in [3.63, 3.8) is 0 Å². The Morgan fingerprint density at radius 2 is 1.69 bits per heavy atom. The van der Waals surface area contributed by atoms with Crippen molar-refractivity contribution in [2.75, 3.05) is 5.73 Å². The van der Waals surface area contributed by atoms with Gasteiger partial charge in [-0.1, -0.05) is 0 Å². The standard InChI is InChI=1S/C18H18N6O2/c1-10(2)24-9-12(3-4-13(24)25)15-14(11-5-7-21-8-6-11)23-17(19)16(22-15)18(20)26/h3-10H,1-2H3,(H2,19,23)(H2,20,26). The third-order valence-corrected chi connectivity index (χ3v) is 3.88. The van der Waals surface area contributed by atoms with Crippen LogP contribution in [0.25, 0.3) is 22.5 Å². The van der Waals surface area contributed by atoms with Gasteiger partial charge in [0.15, 0.2) is 11.5 Å². The van der Waals surface area contributed by atoms with Crippen LogP contribution < -0.4 is 17.0 Å². The molecule has 8 heteroatoms. The molecule has 0 spiro atoms. The molecule has 4 N–H and O–H groups in total. The van der Waals surface area contributed by atoms with Gasteiger partial charge in [-0.25, -0.2) is 9.97 Å². The van der Waals surface area contributed by atoms with Gasteiger partial charge in [-0.3, -0.25) is 14.6 Å². The maximum absolute atomic E-state index is 12.1. The first-order chi connectivity index (χ1) is 12.4. The molecule has 0 atom stereocenters. The van der Waals surface area contributed by atoms with E-state index in [1.807, 2.05) is 13.8 Å². The number of anilines is 1. The van der Waals surface area contributed by atoms with Gasteiger partial charge in [0.25, 0.3) is 11.5 Å². The van der Waals surface area contributed by atoms with Crippen LogP contribution in [0.5, 0.6) is 0 Å². The predicted molar refractivity (Wildman–Crippen MR) is 98.3 cm³/mol. The van der Waals surface area contributed by atoms with Crippen molar-refractivity contribution in [2.24, 2.45) is 5.73 Å². The number of amides is 1. The number of nitrogens with two attached hydrogens (primary N) is 2. The van der Waals surface area contributed by atoms with E-state index in [1.54, 1.807) is 41.4 Å². The SMILES string of the molecule is CC(C)n1cc(-c2nc(C(N)=O)c(N)nc2-c2ccncc2)ccc1=O. The zero-order valence-corrected chi connectivity index (χ0v) is 14.4. The van der Waals surface area contributed by atoms with Gasteiger partial charge in [0, 0.05) is 41.8 Å². The van der Waals surface area contributed by atoms with Gasteiger partial charge in [0.2, 0.25) is 0 Å². The van der Waals surface area contributed by atoms with Gasteiger partial charge in [-0.2, -0.15) is 0 Å². The third-order valence-electron chi connectivity index (χ3n) is 3.88. The van der Waals surface area contributed by atoms with Gasteiger partial charge in [-0.15, -0.1) is 0 Å². The lowest BCUT2D eigenvalue weighted by atomic mass is 10.1. The summed E-state index contributed by atoms with van der Waals surface area (Å²) in [5, 5.41) is 0. The molecule has 0 unspecified atom stereocenters. The molecule has 3 heterocycles. The lowest BCUT2D eigenvalue weighted by molar-refractivity contribution is 0.0996. The molecule has 3 aromatic heterocycles. The second kappa shape index (κ2) is 6.75. The lowest BCUT2D eigenvalue weighted by Gasteiger charge is -2.14. The molecule has 26 heavy (non-hydrogen) atoms. The molecule has 0 aliphatic rings. The molecule has 1 amide bonds. The third kappa shape index (κ3) is 3.16. The van der Waals surface area contributed by atoms with Gasteiger partial charge < -0.3 is 16.0 Å². The topological polar surface area (TPSA) is 130 Å². The summed E-state index contributed by atoms with van der Waals surface area (Å²) < 4.78 is 1.58. The molecule has 3 rings (SSSR count). The number of primary amides is 1. The highest BCUT2D eigenvalue weighted by Crippen LogP contribution is 2.30. The van der Waals surface area contributed by atoms with Crippen molar-refractivity contribution in [2.45, 2.75) is 19.9 Å². The van der Waals surface area contributed by atoms with E-state index >= 15 is 0 Å². The van der Waals surface area contributed by atoms with E-state index in [0.717, 1.165) is 5.56 Å². The van der Waals surface area contributed by atoms with Gasteiger partial charge in [0.1, 0.15) is 0 Å². The average molecular weight is 350 g/mol. The Labute approximate surface area is 149 Å². The summed E-state index contributed by atoms with van der Waals surface area (Å²) in [4.78, 5) is 36.4. The molecular weight excluding hydrogens is 332 g/mol. The summed E-state index contributed by atoms with van der Waals surface area (Å²) in [5.74, 6) is -0.819. The van der Waals surface area contributed by atoms with E-state index in [9.17, 15) is 9.59 Å². The highest BCUT2D eigenvalue weighted by atomic mass is 16.1. The van der Waals surface area contributed by atoms with E-state index in [-0.39, 0.29) is 23.1 Å². The van der Waals surface area contributed by atoms with Crippen LogP contribution in [-0.2, 0) is 0 Å². The maximum Gasteiger partial charge on any atom is 0.271 e. The van der Waals surface area contributed by atoms with E-state index in [1.165, 1.54) is 6.07 Å². The van der Waals surface area contributed by atoms with Crippen LogP contribution in [0.2, 0.25) is 0 Å². The number of carbonyl (C=O) groups is 1. The molecule has 0 aromatic carbocycles. The Kier molecular flexibility index (Phi) is 4.49. The number of rotatable bonds is 4. The minimum Gasteiger partial charge on any atom is -0.382 e. The molecule has 0 aliphatic carbocycles. The van der Waals surface area contributed by atoms with Crippen molar-refractivity contribution in [3.8, 4) is 22.5 Å². The van der Waals surface area contributed by atoms with Crippen LogP contribution in [0, 0.1) is 0 Å². The van der Waals surface area contributed by atoms with Crippen LogP contribution in [0.3, 0.4) is 0 Å². The number of pyridine rings is 2.